The van der Waals surface area contributed by atoms with Crippen LogP contribution < -0.4 is 0 Å². The van der Waals surface area contributed by atoms with Crippen LogP contribution in [0.25, 0.3) is 0 Å². The summed E-state index contributed by atoms with van der Waals surface area (Å²) in [6, 6.07) is 0. The second-order valence-corrected chi connectivity index (χ2v) is 4.87. The van der Waals surface area contributed by atoms with Crippen molar-refractivity contribution in [3.05, 3.63) is 10.6 Å². The molecular weight excluding hydrogens is 236 g/mol. The van der Waals surface area contributed by atoms with Gasteiger partial charge in [-0.25, -0.2) is 0 Å². The first-order chi connectivity index (χ1) is 8.13. The highest BCUT2D eigenvalue weighted by Gasteiger charge is 2.26. The van der Waals surface area contributed by atoms with Gasteiger partial charge in [-0.05, 0) is 25.1 Å². The van der Waals surface area contributed by atoms with Gasteiger partial charge in [0.2, 0.25) is 5.91 Å². The highest BCUT2D eigenvalue weighted by molar-refractivity contribution is 7.71. The minimum absolute atomic E-state index is 0.228. The van der Waals surface area contributed by atoms with Gasteiger partial charge in [-0.15, -0.1) is 0 Å². The molecule has 1 aromatic heterocycles. The summed E-state index contributed by atoms with van der Waals surface area (Å²) in [7, 11) is 1.92. The second-order valence-electron chi connectivity index (χ2n) is 4.48. The van der Waals surface area contributed by atoms with Gasteiger partial charge in [-0.3, -0.25) is 9.89 Å². The number of hydrogen-bond donors (Lipinski definition) is 1. The molecule has 1 saturated heterocycles. The molecule has 0 aromatic carbocycles. The van der Waals surface area contributed by atoms with Crippen molar-refractivity contribution >= 4 is 18.1 Å². The van der Waals surface area contributed by atoms with Crippen molar-refractivity contribution < 1.29 is 4.79 Å². The third-order valence-electron chi connectivity index (χ3n) is 3.36. The molecule has 0 bridgehead atoms. The van der Waals surface area contributed by atoms with Crippen LogP contribution in [0.3, 0.4) is 0 Å². The number of H-pyrrole nitrogens is 1. The summed E-state index contributed by atoms with van der Waals surface area (Å²) in [5.74, 6) is 1.49. The quantitative estimate of drug-likeness (QED) is 0.816. The number of amides is 1. The molecule has 1 aliphatic rings. The van der Waals surface area contributed by atoms with E-state index in [-0.39, 0.29) is 5.91 Å². The number of carbonyl (C=O) groups excluding carboxylic acids is 1. The van der Waals surface area contributed by atoms with Crippen molar-refractivity contribution in [1.29, 1.82) is 0 Å². The third-order valence-corrected chi connectivity index (χ3v) is 3.72. The maximum atomic E-state index is 11.7. The molecule has 1 N–H and O–H groups in total. The van der Waals surface area contributed by atoms with E-state index in [0.29, 0.717) is 17.1 Å². The van der Waals surface area contributed by atoms with Crippen molar-refractivity contribution in [1.82, 2.24) is 19.7 Å². The zero-order valence-corrected chi connectivity index (χ0v) is 11.1. The number of carbonyl (C=O) groups is 1. The summed E-state index contributed by atoms with van der Waals surface area (Å²) in [4.78, 5) is 13.6. The minimum atomic E-state index is 0.228. The normalized spacial score (nSPS) is 20.6. The molecular formula is C11H18N4OS. The number of aromatic amines is 1. The van der Waals surface area contributed by atoms with Gasteiger partial charge in [0.05, 0.1) is 0 Å². The number of hydrogen-bond acceptors (Lipinski definition) is 3. The van der Waals surface area contributed by atoms with E-state index in [4.69, 9.17) is 12.2 Å². The minimum Gasteiger partial charge on any atom is -0.342 e. The summed E-state index contributed by atoms with van der Waals surface area (Å²) in [5.41, 5.74) is 0. The van der Waals surface area contributed by atoms with Crippen LogP contribution in [0.1, 0.15) is 37.9 Å². The molecule has 1 aliphatic heterocycles. The fourth-order valence-corrected chi connectivity index (χ4v) is 2.50. The van der Waals surface area contributed by atoms with Gasteiger partial charge in [-0.2, -0.15) is 5.10 Å². The van der Waals surface area contributed by atoms with Crippen LogP contribution in [0.4, 0.5) is 0 Å². The van der Waals surface area contributed by atoms with Crippen LogP contribution >= 0.6 is 12.2 Å². The lowest BCUT2D eigenvalue weighted by Gasteiger charge is -2.32. The molecule has 6 heteroatoms. The van der Waals surface area contributed by atoms with Crippen molar-refractivity contribution in [2.24, 2.45) is 7.05 Å². The Hall–Kier alpha value is -1.17. The van der Waals surface area contributed by atoms with Crippen molar-refractivity contribution in [2.45, 2.75) is 32.1 Å². The number of aromatic nitrogens is 3. The maximum absolute atomic E-state index is 11.7. The molecule has 17 heavy (non-hydrogen) atoms. The van der Waals surface area contributed by atoms with Gasteiger partial charge in [-0.1, -0.05) is 6.92 Å². The van der Waals surface area contributed by atoms with Crippen LogP contribution in [0, 0.1) is 4.77 Å². The van der Waals surface area contributed by atoms with E-state index in [1.807, 2.05) is 23.4 Å². The highest BCUT2D eigenvalue weighted by Crippen LogP contribution is 2.25. The molecule has 1 amide bonds. The average molecular weight is 254 g/mol. The Morgan fingerprint density at radius 1 is 1.65 bits per heavy atom. The van der Waals surface area contributed by atoms with E-state index < -0.39 is 0 Å². The number of rotatable bonds is 2. The summed E-state index contributed by atoms with van der Waals surface area (Å²) in [5, 5.41) is 7.07. The molecule has 94 valence electrons. The van der Waals surface area contributed by atoms with Gasteiger partial charge < -0.3 is 9.47 Å². The van der Waals surface area contributed by atoms with E-state index in [0.717, 1.165) is 31.8 Å². The van der Waals surface area contributed by atoms with Crippen LogP contribution in [0.5, 0.6) is 0 Å². The van der Waals surface area contributed by atoms with Gasteiger partial charge in [0, 0.05) is 32.5 Å². The Kier molecular flexibility index (Phi) is 3.61. The summed E-state index contributed by atoms with van der Waals surface area (Å²) in [6.45, 7) is 3.54. The van der Waals surface area contributed by atoms with E-state index in [9.17, 15) is 4.79 Å². The molecule has 1 atom stereocenters. The SMILES string of the molecule is CCC(=O)N1CCC[C@@H](c2n[nH]c(=S)n2C)C1. The highest BCUT2D eigenvalue weighted by atomic mass is 32.1. The molecule has 5 nitrogen and oxygen atoms in total. The van der Waals surface area contributed by atoms with E-state index >= 15 is 0 Å². The Morgan fingerprint density at radius 2 is 2.41 bits per heavy atom. The molecule has 2 rings (SSSR count). The zero-order valence-electron chi connectivity index (χ0n) is 10.3. The number of piperidine rings is 1. The monoisotopic (exact) mass is 254 g/mol. The number of nitrogens with one attached hydrogen (secondary N) is 1. The molecule has 1 aromatic rings. The Labute approximate surface area is 106 Å². The lowest BCUT2D eigenvalue weighted by molar-refractivity contribution is -0.132. The summed E-state index contributed by atoms with van der Waals surface area (Å²) < 4.78 is 2.54. The van der Waals surface area contributed by atoms with Crippen molar-refractivity contribution in [2.75, 3.05) is 13.1 Å². The third kappa shape index (κ3) is 2.41. The number of likely N-dealkylation sites (tertiary alicyclic amines) is 1. The van der Waals surface area contributed by atoms with E-state index in [1.54, 1.807) is 0 Å². The van der Waals surface area contributed by atoms with Crippen LogP contribution in [0.15, 0.2) is 0 Å². The van der Waals surface area contributed by atoms with Gasteiger partial charge in [0.25, 0.3) is 0 Å². The second kappa shape index (κ2) is 5.00. The van der Waals surface area contributed by atoms with E-state index in [1.165, 1.54) is 0 Å². The molecule has 0 saturated carbocycles. The average Bonchev–Trinajstić information content (AvgIpc) is 2.69. The molecule has 0 aliphatic carbocycles. The molecule has 0 unspecified atom stereocenters. The predicted molar refractivity (Wildman–Crippen MR) is 67.2 cm³/mol. The van der Waals surface area contributed by atoms with Gasteiger partial charge in [0.1, 0.15) is 5.82 Å². The lowest BCUT2D eigenvalue weighted by atomic mass is 9.97. The zero-order chi connectivity index (χ0) is 12.4. The van der Waals surface area contributed by atoms with Gasteiger partial charge in [0.15, 0.2) is 4.77 Å². The topological polar surface area (TPSA) is 53.9 Å². The first-order valence-corrected chi connectivity index (χ1v) is 6.43. The standard InChI is InChI=1S/C11H18N4OS/c1-3-9(16)15-6-4-5-8(7-15)10-12-13-11(17)14(10)2/h8H,3-7H2,1-2H3,(H,13,17)/t8-/m1/s1. The molecule has 0 spiro atoms. The van der Waals surface area contributed by atoms with Crippen LogP contribution in [-0.2, 0) is 11.8 Å². The van der Waals surface area contributed by atoms with Crippen molar-refractivity contribution in [3.8, 4) is 0 Å². The summed E-state index contributed by atoms with van der Waals surface area (Å²) in [6.07, 6.45) is 2.68. The Balaban J connectivity index is 2.15. The Bertz CT molecular complexity index is 464. The Morgan fingerprint density at radius 3 is 3.00 bits per heavy atom. The molecule has 1 fully saturated rings. The first-order valence-electron chi connectivity index (χ1n) is 6.02. The summed E-state index contributed by atoms with van der Waals surface area (Å²) >= 11 is 5.11. The number of nitrogens with zero attached hydrogens (tertiary/aromatic N) is 3. The maximum Gasteiger partial charge on any atom is 0.222 e. The molecule has 2 heterocycles. The van der Waals surface area contributed by atoms with Crippen LogP contribution in [-0.4, -0.2) is 38.7 Å². The molecule has 0 radical (unpaired) electrons. The van der Waals surface area contributed by atoms with Gasteiger partial charge >= 0.3 is 0 Å². The largest absolute Gasteiger partial charge is 0.342 e. The first kappa shape index (κ1) is 12.3. The fourth-order valence-electron chi connectivity index (χ4n) is 2.36. The predicted octanol–water partition coefficient (Wildman–Crippen LogP) is 1.59. The fraction of sp³-hybridized carbons (Fsp3) is 0.727. The lowest BCUT2D eigenvalue weighted by Crippen LogP contribution is -2.39. The van der Waals surface area contributed by atoms with E-state index in [2.05, 4.69) is 10.2 Å². The smallest absolute Gasteiger partial charge is 0.222 e. The van der Waals surface area contributed by atoms with Crippen molar-refractivity contribution in [3.63, 3.8) is 0 Å². The van der Waals surface area contributed by atoms with Crippen LogP contribution in [0.2, 0.25) is 0 Å².